The largest absolute Gasteiger partial charge is 0.303 e. The van der Waals surface area contributed by atoms with Crippen molar-refractivity contribution in [3.63, 3.8) is 0 Å². The number of hydrogen-bond donors (Lipinski definition) is 2. The Morgan fingerprint density at radius 1 is 1.18 bits per heavy atom. The summed E-state index contributed by atoms with van der Waals surface area (Å²) in [6.07, 6.45) is 3.74. The quantitative estimate of drug-likeness (QED) is 0.550. The van der Waals surface area contributed by atoms with Gasteiger partial charge in [-0.15, -0.1) is 4.41 Å². The van der Waals surface area contributed by atoms with Crippen molar-refractivity contribution in [2.45, 2.75) is 32.1 Å². The summed E-state index contributed by atoms with van der Waals surface area (Å²) < 4.78 is 25.9. The number of ketones is 1. The SMILES string of the molecule is CC1=C(C)C(N2CC(NN(C=O)S(=O)(=O)c3ccc(C)cc3)=CN2)=CC(=O)C1. The Hall–Kier alpha value is -3.07. The lowest BCUT2D eigenvalue weighted by molar-refractivity contribution is -0.115. The molecule has 1 aromatic carbocycles. The lowest BCUT2D eigenvalue weighted by Crippen LogP contribution is -2.42. The van der Waals surface area contributed by atoms with E-state index >= 15 is 0 Å². The third-order valence-electron chi connectivity index (χ3n) is 4.70. The van der Waals surface area contributed by atoms with Crippen molar-refractivity contribution in [3.05, 3.63) is 64.6 Å². The third-order valence-corrected chi connectivity index (χ3v) is 6.27. The predicted octanol–water partition coefficient (Wildman–Crippen LogP) is 1.50. The molecule has 8 nitrogen and oxygen atoms in total. The van der Waals surface area contributed by atoms with Crippen LogP contribution in [-0.4, -0.2) is 36.6 Å². The zero-order chi connectivity index (χ0) is 20.5. The van der Waals surface area contributed by atoms with Crippen LogP contribution in [0.4, 0.5) is 0 Å². The zero-order valence-corrected chi connectivity index (χ0v) is 16.7. The van der Waals surface area contributed by atoms with Gasteiger partial charge >= 0.3 is 0 Å². The molecule has 2 aliphatic rings. The summed E-state index contributed by atoms with van der Waals surface area (Å²) in [6, 6.07) is 6.23. The Morgan fingerprint density at radius 3 is 2.50 bits per heavy atom. The number of hydrazine groups is 2. The number of benzene rings is 1. The molecule has 0 fully saturated rings. The highest BCUT2D eigenvalue weighted by atomic mass is 32.2. The Kier molecular flexibility index (Phi) is 5.28. The molecule has 2 N–H and O–H groups in total. The predicted molar refractivity (Wildman–Crippen MR) is 103 cm³/mol. The summed E-state index contributed by atoms with van der Waals surface area (Å²) in [5, 5.41) is 1.72. The smallest absolute Gasteiger partial charge is 0.284 e. The Morgan fingerprint density at radius 2 is 1.86 bits per heavy atom. The zero-order valence-electron chi connectivity index (χ0n) is 15.9. The molecule has 0 bridgehead atoms. The molecule has 3 rings (SSSR count). The summed E-state index contributed by atoms with van der Waals surface area (Å²) in [7, 11) is -4.04. The van der Waals surface area contributed by atoms with Gasteiger partial charge in [0.05, 0.1) is 22.8 Å². The maximum atomic E-state index is 12.7. The van der Waals surface area contributed by atoms with Gasteiger partial charge in [0.1, 0.15) is 0 Å². The van der Waals surface area contributed by atoms with Gasteiger partial charge in [-0.3, -0.25) is 20.0 Å². The summed E-state index contributed by atoms with van der Waals surface area (Å²) in [6.45, 7) is 5.95. The van der Waals surface area contributed by atoms with Crippen LogP contribution in [0.3, 0.4) is 0 Å². The van der Waals surface area contributed by atoms with E-state index in [0.717, 1.165) is 22.4 Å². The van der Waals surface area contributed by atoms with Crippen molar-refractivity contribution >= 4 is 22.2 Å². The Bertz CT molecular complexity index is 1010. The van der Waals surface area contributed by atoms with Crippen LogP contribution in [0.1, 0.15) is 25.8 Å². The van der Waals surface area contributed by atoms with Gasteiger partial charge in [-0.25, -0.2) is 0 Å². The van der Waals surface area contributed by atoms with Crippen LogP contribution in [0.2, 0.25) is 0 Å². The second kappa shape index (κ2) is 7.51. The van der Waals surface area contributed by atoms with Crippen LogP contribution in [0.15, 0.2) is 64.0 Å². The van der Waals surface area contributed by atoms with Gasteiger partial charge in [0.2, 0.25) is 6.41 Å². The van der Waals surface area contributed by atoms with E-state index in [1.165, 1.54) is 12.1 Å². The molecule has 0 aromatic heterocycles. The molecule has 0 radical (unpaired) electrons. The molecule has 28 heavy (non-hydrogen) atoms. The molecular formula is C19H22N4O4S. The van der Waals surface area contributed by atoms with Gasteiger partial charge < -0.3 is 5.43 Å². The molecule has 1 aromatic rings. The van der Waals surface area contributed by atoms with Gasteiger partial charge in [0, 0.05) is 18.7 Å². The number of nitrogens with one attached hydrogen (secondary N) is 2. The Balaban J connectivity index is 1.74. The standard InChI is InChI=1S/C19H22N4O4S/c1-13-4-6-18(7-5-13)28(26,27)23(12-24)21-16-10-20-22(11-16)19-9-17(25)8-14(2)15(19)3/h4-7,9-10,12,20-21H,8,11H2,1-3H3. The van der Waals surface area contributed by atoms with Crippen molar-refractivity contribution in [2.75, 3.05) is 6.54 Å². The summed E-state index contributed by atoms with van der Waals surface area (Å²) in [4.78, 5) is 23.3. The van der Waals surface area contributed by atoms with Crippen LogP contribution in [-0.2, 0) is 19.6 Å². The number of rotatable bonds is 6. The molecule has 1 amide bonds. The number of amides is 1. The van der Waals surface area contributed by atoms with Gasteiger partial charge in [-0.05, 0) is 38.5 Å². The molecular weight excluding hydrogens is 380 g/mol. The van der Waals surface area contributed by atoms with Crippen molar-refractivity contribution in [1.82, 2.24) is 20.3 Å². The minimum Gasteiger partial charge on any atom is -0.303 e. The Labute approximate surface area is 164 Å². The minimum absolute atomic E-state index is 0.0103. The van der Waals surface area contributed by atoms with E-state index in [4.69, 9.17) is 0 Å². The molecule has 0 saturated carbocycles. The fraction of sp³-hybridized carbons (Fsp3) is 0.263. The first kappa shape index (κ1) is 19.7. The first-order valence-corrected chi connectivity index (χ1v) is 10.1. The van der Waals surface area contributed by atoms with Gasteiger partial charge in [-0.1, -0.05) is 23.3 Å². The number of hydrogen-bond acceptors (Lipinski definition) is 7. The second-order valence-electron chi connectivity index (χ2n) is 6.79. The van der Waals surface area contributed by atoms with E-state index in [1.807, 2.05) is 20.8 Å². The number of carbonyl (C=O) groups excluding carboxylic acids is 2. The molecule has 148 valence electrons. The monoisotopic (exact) mass is 402 g/mol. The fourth-order valence-electron chi connectivity index (χ4n) is 2.95. The minimum atomic E-state index is -4.04. The van der Waals surface area contributed by atoms with Crippen molar-refractivity contribution < 1.29 is 18.0 Å². The maximum Gasteiger partial charge on any atom is 0.284 e. The summed E-state index contributed by atoms with van der Waals surface area (Å²) in [5.41, 5.74) is 9.70. The van der Waals surface area contributed by atoms with Crippen LogP contribution in [0.5, 0.6) is 0 Å². The topological polar surface area (TPSA) is 98.8 Å². The number of aryl methyl sites for hydroxylation is 1. The van der Waals surface area contributed by atoms with Crippen LogP contribution in [0.25, 0.3) is 0 Å². The molecule has 0 unspecified atom stereocenters. The number of allylic oxidation sites excluding steroid dienone is 3. The van der Waals surface area contributed by atoms with E-state index in [1.54, 1.807) is 29.4 Å². The molecule has 0 atom stereocenters. The summed E-state index contributed by atoms with van der Waals surface area (Å²) >= 11 is 0. The fourth-order valence-corrected chi connectivity index (χ4v) is 4.01. The van der Waals surface area contributed by atoms with Crippen molar-refractivity contribution in [1.29, 1.82) is 0 Å². The van der Waals surface area contributed by atoms with Crippen molar-refractivity contribution in [2.24, 2.45) is 0 Å². The molecule has 1 aliphatic carbocycles. The number of nitrogens with zero attached hydrogens (tertiary/aromatic N) is 2. The number of carbonyl (C=O) groups is 2. The first-order valence-electron chi connectivity index (χ1n) is 8.69. The van der Waals surface area contributed by atoms with Crippen LogP contribution in [0, 0.1) is 6.92 Å². The van der Waals surface area contributed by atoms with E-state index in [9.17, 15) is 18.0 Å². The van der Waals surface area contributed by atoms with E-state index in [-0.39, 0.29) is 23.6 Å². The molecule has 1 aliphatic heterocycles. The summed E-state index contributed by atoms with van der Waals surface area (Å²) in [5.74, 6) is 0.0118. The second-order valence-corrected chi connectivity index (χ2v) is 8.61. The van der Waals surface area contributed by atoms with E-state index < -0.39 is 10.0 Å². The highest BCUT2D eigenvalue weighted by Crippen LogP contribution is 2.26. The van der Waals surface area contributed by atoms with Gasteiger partial charge in [0.25, 0.3) is 10.0 Å². The highest BCUT2D eigenvalue weighted by molar-refractivity contribution is 7.89. The van der Waals surface area contributed by atoms with Crippen LogP contribution >= 0.6 is 0 Å². The van der Waals surface area contributed by atoms with Gasteiger partial charge in [-0.2, -0.15) is 8.42 Å². The lowest BCUT2D eigenvalue weighted by Gasteiger charge is -2.27. The van der Waals surface area contributed by atoms with Crippen molar-refractivity contribution in [3.8, 4) is 0 Å². The lowest BCUT2D eigenvalue weighted by atomic mass is 9.96. The van der Waals surface area contributed by atoms with E-state index in [0.29, 0.717) is 16.5 Å². The molecule has 0 saturated heterocycles. The van der Waals surface area contributed by atoms with E-state index in [2.05, 4.69) is 10.9 Å². The first-order chi connectivity index (χ1) is 13.2. The number of sulfonamides is 1. The third kappa shape index (κ3) is 3.79. The average molecular weight is 402 g/mol. The highest BCUT2D eigenvalue weighted by Gasteiger charge is 2.27. The van der Waals surface area contributed by atoms with Crippen LogP contribution < -0.4 is 10.9 Å². The average Bonchev–Trinajstić information content (AvgIpc) is 3.11. The van der Waals surface area contributed by atoms with Gasteiger partial charge in [0.15, 0.2) is 5.78 Å². The maximum absolute atomic E-state index is 12.7. The molecule has 9 heteroatoms. The molecule has 0 spiro atoms. The molecule has 1 heterocycles. The normalized spacial score (nSPS) is 17.1.